The van der Waals surface area contributed by atoms with E-state index in [1.54, 1.807) is 0 Å². The Morgan fingerprint density at radius 3 is 1.78 bits per heavy atom. The second kappa shape index (κ2) is 8.80. The molecule has 1 aliphatic carbocycles. The van der Waals surface area contributed by atoms with Gasteiger partial charge >= 0.3 is 0 Å². The van der Waals surface area contributed by atoms with Gasteiger partial charge in [-0.05, 0) is 123 Å². The summed E-state index contributed by atoms with van der Waals surface area (Å²) in [5.74, 6) is 0. The van der Waals surface area contributed by atoms with Gasteiger partial charge in [-0.3, -0.25) is 0 Å². The van der Waals surface area contributed by atoms with Crippen molar-refractivity contribution in [1.29, 1.82) is 0 Å². The van der Waals surface area contributed by atoms with Crippen molar-refractivity contribution in [3.63, 3.8) is 0 Å². The summed E-state index contributed by atoms with van der Waals surface area (Å²) in [6.45, 7) is 4.78. The van der Waals surface area contributed by atoms with Gasteiger partial charge in [0.25, 0.3) is 0 Å². The maximum Gasteiger partial charge on any atom is 0.0159 e. The van der Waals surface area contributed by atoms with Crippen LogP contribution in [0.4, 0.5) is 0 Å². The standard InChI is InChI=1S/C45H30/c1-45(2)40-22-21-37-36(32-16-13-27-7-3-4-8-30(27)23-32)11-6-12-38(37)44(40)39-20-19-31(26-41(39)45)35-24-33-17-14-28-9-5-10-29-15-18-34(25-35)43(33)42(28)29/h3-26H,1-2H3. The normalized spacial score (nSPS) is 13.7. The molecule has 0 N–H and O–H groups in total. The van der Waals surface area contributed by atoms with Crippen LogP contribution in [0.3, 0.4) is 0 Å². The Morgan fingerprint density at radius 2 is 0.978 bits per heavy atom. The molecule has 9 aromatic carbocycles. The van der Waals surface area contributed by atoms with Crippen molar-refractivity contribution in [3.8, 4) is 33.4 Å². The molecular formula is C45H30. The molecule has 9 aromatic rings. The van der Waals surface area contributed by atoms with Gasteiger partial charge in [-0.25, -0.2) is 0 Å². The molecule has 45 heavy (non-hydrogen) atoms. The lowest BCUT2D eigenvalue weighted by Gasteiger charge is -2.22. The minimum atomic E-state index is -0.0933. The van der Waals surface area contributed by atoms with Gasteiger partial charge in [0.2, 0.25) is 0 Å². The minimum absolute atomic E-state index is 0.0933. The first-order valence-electron chi connectivity index (χ1n) is 15.9. The first-order valence-corrected chi connectivity index (χ1v) is 15.9. The number of hydrogen-bond acceptors (Lipinski definition) is 0. The second-order valence-corrected chi connectivity index (χ2v) is 13.3. The minimum Gasteiger partial charge on any atom is -0.0616 e. The van der Waals surface area contributed by atoms with E-state index in [0.29, 0.717) is 0 Å². The van der Waals surface area contributed by atoms with Crippen LogP contribution >= 0.6 is 0 Å². The summed E-state index contributed by atoms with van der Waals surface area (Å²) in [6.07, 6.45) is 0. The van der Waals surface area contributed by atoms with E-state index in [-0.39, 0.29) is 5.41 Å². The first kappa shape index (κ1) is 24.9. The summed E-state index contributed by atoms with van der Waals surface area (Å²) in [6, 6.07) is 54.7. The van der Waals surface area contributed by atoms with Crippen molar-refractivity contribution in [1.82, 2.24) is 0 Å². The maximum absolute atomic E-state index is 2.46. The third kappa shape index (κ3) is 3.43. The lowest BCUT2D eigenvalue weighted by Crippen LogP contribution is -2.15. The number of rotatable bonds is 2. The Bertz CT molecular complexity index is 2600. The number of hydrogen-bond donors (Lipinski definition) is 0. The molecule has 10 rings (SSSR count). The molecule has 0 fully saturated rings. The Labute approximate surface area is 262 Å². The summed E-state index contributed by atoms with van der Waals surface area (Å²) in [7, 11) is 0. The third-order valence-corrected chi connectivity index (χ3v) is 10.6. The van der Waals surface area contributed by atoms with Crippen molar-refractivity contribution in [2.75, 3.05) is 0 Å². The van der Waals surface area contributed by atoms with Gasteiger partial charge < -0.3 is 0 Å². The highest BCUT2D eigenvalue weighted by molar-refractivity contribution is 6.23. The highest BCUT2D eigenvalue weighted by Crippen LogP contribution is 2.53. The summed E-state index contributed by atoms with van der Waals surface area (Å²) in [5, 5.41) is 13.2. The molecule has 0 nitrogen and oxygen atoms in total. The zero-order valence-corrected chi connectivity index (χ0v) is 25.4. The first-order chi connectivity index (χ1) is 22.0. The van der Waals surface area contributed by atoms with E-state index < -0.39 is 0 Å². The average molecular weight is 571 g/mol. The van der Waals surface area contributed by atoms with Crippen molar-refractivity contribution in [3.05, 3.63) is 157 Å². The molecule has 0 bridgehead atoms. The fourth-order valence-electron chi connectivity index (χ4n) is 8.30. The van der Waals surface area contributed by atoms with Crippen molar-refractivity contribution in [2.24, 2.45) is 0 Å². The van der Waals surface area contributed by atoms with Gasteiger partial charge in [0.1, 0.15) is 0 Å². The molecule has 0 radical (unpaired) electrons. The summed E-state index contributed by atoms with van der Waals surface area (Å²) >= 11 is 0. The smallest absolute Gasteiger partial charge is 0.0159 e. The zero-order valence-electron chi connectivity index (χ0n) is 25.4. The molecule has 0 aliphatic heterocycles. The highest BCUT2D eigenvalue weighted by atomic mass is 14.4. The van der Waals surface area contributed by atoms with Crippen LogP contribution < -0.4 is 0 Å². The fraction of sp³-hybridized carbons (Fsp3) is 0.0667. The van der Waals surface area contributed by atoms with Crippen LogP contribution in [0.5, 0.6) is 0 Å². The number of fused-ring (bicyclic) bond motifs is 6. The van der Waals surface area contributed by atoms with E-state index in [9.17, 15) is 0 Å². The van der Waals surface area contributed by atoms with E-state index in [1.807, 2.05) is 0 Å². The Hall–Kier alpha value is -5.46. The highest BCUT2D eigenvalue weighted by Gasteiger charge is 2.36. The molecule has 0 spiro atoms. The van der Waals surface area contributed by atoms with Gasteiger partial charge in [-0.1, -0.05) is 135 Å². The summed E-state index contributed by atoms with van der Waals surface area (Å²) in [4.78, 5) is 0. The maximum atomic E-state index is 2.46. The molecule has 0 saturated carbocycles. The van der Waals surface area contributed by atoms with Crippen LogP contribution in [0.25, 0.3) is 87.2 Å². The largest absolute Gasteiger partial charge is 0.0616 e. The van der Waals surface area contributed by atoms with E-state index in [0.717, 1.165) is 0 Å². The van der Waals surface area contributed by atoms with E-state index >= 15 is 0 Å². The molecule has 0 aromatic heterocycles. The van der Waals surface area contributed by atoms with Gasteiger partial charge in [0.05, 0.1) is 0 Å². The van der Waals surface area contributed by atoms with Gasteiger partial charge in [-0.2, -0.15) is 0 Å². The topological polar surface area (TPSA) is 0 Å². The van der Waals surface area contributed by atoms with Crippen molar-refractivity contribution in [2.45, 2.75) is 19.3 Å². The number of benzene rings is 9. The van der Waals surface area contributed by atoms with E-state index in [2.05, 4.69) is 159 Å². The Balaban J connectivity index is 1.15. The Morgan fingerprint density at radius 1 is 0.356 bits per heavy atom. The van der Waals surface area contributed by atoms with E-state index in [4.69, 9.17) is 0 Å². The van der Waals surface area contributed by atoms with E-state index in [1.165, 1.54) is 98.4 Å². The van der Waals surface area contributed by atoms with Crippen molar-refractivity contribution >= 4 is 53.9 Å². The van der Waals surface area contributed by atoms with Crippen LogP contribution in [0.1, 0.15) is 25.0 Å². The molecule has 0 amide bonds. The third-order valence-electron chi connectivity index (χ3n) is 10.6. The quantitative estimate of drug-likeness (QED) is 0.181. The lowest BCUT2D eigenvalue weighted by atomic mass is 9.81. The lowest BCUT2D eigenvalue weighted by molar-refractivity contribution is 0.661. The molecular weight excluding hydrogens is 540 g/mol. The molecule has 0 saturated heterocycles. The monoisotopic (exact) mass is 570 g/mol. The SMILES string of the molecule is CC1(C)c2cc(-c3cc4ccc5cccc6ccc(c3)c4c56)ccc2-c2c1ccc1c(-c3ccc4ccccc4c3)cccc21. The van der Waals surface area contributed by atoms with Crippen LogP contribution in [-0.2, 0) is 5.41 Å². The molecule has 0 atom stereocenters. The average Bonchev–Trinajstić information content (AvgIpc) is 3.32. The zero-order chi connectivity index (χ0) is 29.9. The van der Waals surface area contributed by atoms with Gasteiger partial charge in [0, 0.05) is 5.41 Å². The van der Waals surface area contributed by atoms with Gasteiger partial charge in [0.15, 0.2) is 0 Å². The summed E-state index contributed by atoms with van der Waals surface area (Å²) in [5.41, 5.74) is 10.6. The predicted octanol–water partition coefficient (Wildman–Crippen LogP) is 12.5. The van der Waals surface area contributed by atoms with Gasteiger partial charge in [-0.15, -0.1) is 0 Å². The second-order valence-electron chi connectivity index (χ2n) is 13.3. The molecule has 210 valence electrons. The van der Waals surface area contributed by atoms with Crippen LogP contribution in [0.15, 0.2) is 146 Å². The van der Waals surface area contributed by atoms with Crippen molar-refractivity contribution < 1.29 is 0 Å². The van der Waals surface area contributed by atoms with Crippen LogP contribution in [0, 0.1) is 0 Å². The molecule has 0 unspecified atom stereocenters. The molecule has 0 heterocycles. The molecule has 1 aliphatic rings. The fourth-order valence-corrected chi connectivity index (χ4v) is 8.30. The van der Waals surface area contributed by atoms with Crippen LogP contribution in [0.2, 0.25) is 0 Å². The van der Waals surface area contributed by atoms with Crippen LogP contribution in [-0.4, -0.2) is 0 Å². The predicted molar refractivity (Wildman–Crippen MR) is 194 cm³/mol. The Kier molecular flexibility index (Phi) is 4.88. The molecule has 0 heteroatoms. The summed E-state index contributed by atoms with van der Waals surface area (Å²) < 4.78 is 0.